The van der Waals surface area contributed by atoms with Gasteiger partial charge in [0.25, 0.3) is 0 Å². The lowest BCUT2D eigenvalue weighted by molar-refractivity contribution is 0.404. The fraction of sp³-hybridized carbons (Fsp3) is 0.167. The monoisotopic (exact) mass is 249 g/mol. The lowest BCUT2D eigenvalue weighted by Crippen LogP contribution is -2.16. The predicted molar refractivity (Wildman–Crippen MR) is 66.1 cm³/mol. The molecule has 0 aliphatic heterocycles. The molecule has 2 N–H and O–H groups in total. The Morgan fingerprint density at radius 1 is 1.29 bits per heavy atom. The van der Waals surface area contributed by atoms with Gasteiger partial charge in [0, 0.05) is 12.4 Å². The molecule has 0 fully saturated rings. The SMILES string of the molecule is COc1cccnc1C(N)c1ccc(Cl)cn1. The van der Waals surface area contributed by atoms with Crippen LogP contribution in [0.1, 0.15) is 17.4 Å². The molecule has 5 heteroatoms. The maximum atomic E-state index is 6.09. The molecule has 17 heavy (non-hydrogen) atoms. The first-order valence-corrected chi connectivity index (χ1v) is 5.46. The van der Waals surface area contributed by atoms with Crippen molar-refractivity contribution in [3.8, 4) is 5.75 Å². The van der Waals surface area contributed by atoms with Crippen LogP contribution < -0.4 is 10.5 Å². The summed E-state index contributed by atoms with van der Waals surface area (Å²) in [5.74, 6) is 0.650. The second-order valence-corrected chi connectivity index (χ2v) is 3.91. The van der Waals surface area contributed by atoms with Gasteiger partial charge in [-0.3, -0.25) is 9.97 Å². The Morgan fingerprint density at radius 3 is 2.76 bits per heavy atom. The molecule has 88 valence electrons. The minimum atomic E-state index is -0.427. The number of methoxy groups -OCH3 is 1. The van der Waals surface area contributed by atoms with Crippen molar-refractivity contribution in [2.45, 2.75) is 6.04 Å². The van der Waals surface area contributed by atoms with E-state index in [1.165, 1.54) is 0 Å². The molecule has 1 unspecified atom stereocenters. The fourth-order valence-corrected chi connectivity index (χ4v) is 1.63. The van der Waals surface area contributed by atoms with Gasteiger partial charge in [-0.25, -0.2) is 0 Å². The van der Waals surface area contributed by atoms with Crippen LogP contribution in [0.4, 0.5) is 0 Å². The number of rotatable bonds is 3. The Morgan fingerprint density at radius 2 is 2.12 bits per heavy atom. The van der Waals surface area contributed by atoms with Gasteiger partial charge in [0.05, 0.1) is 23.9 Å². The molecule has 2 aromatic heterocycles. The lowest BCUT2D eigenvalue weighted by Gasteiger charge is -2.13. The van der Waals surface area contributed by atoms with Crippen molar-refractivity contribution < 1.29 is 4.74 Å². The number of nitrogens with two attached hydrogens (primary N) is 1. The number of aromatic nitrogens is 2. The number of pyridine rings is 2. The third-order valence-corrected chi connectivity index (χ3v) is 2.61. The molecule has 0 aromatic carbocycles. The summed E-state index contributed by atoms with van der Waals surface area (Å²) in [6.45, 7) is 0. The molecule has 2 heterocycles. The molecular formula is C12H12ClN3O. The van der Waals surface area contributed by atoms with Crippen LogP contribution in [0.25, 0.3) is 0 Å². The zero-order valence-corrected chi connectivity index (χ0v) is 10.1. The highest BCUT2D eigenvalue weighted by Gasteiger charge is 2.16. The lowest BCUT2D eigenvalue weighted by atomic mass is 10.1. The molecule has 0 amide bonds. The van der Waals surface area contributed by atoms with Gasteiger partial charge in [-0.1, -0.05) is 11.6 Å². The van der Waals surface area contributed by atoms with Crippen molar-refractivity contribution in [1.82, 2.24) is 9.97 Å². The fourth-order valence-electron chi connectivity index (χ4n) is 1.52. The number of hydrogen-bond donors (Lipinski definition) is 1. The highest BCUT2D eigenvalue weighted by Crippen LogP contribution is 2.25. The summed E-state index contributed by atoms with van der Waals surface area (Å²) in [6, 6.07) is 6.71. The molecule has 0 spiro atoms. The highest BCUT2D eigenvalue weighted by molar-refractivity contribution is 6.30. The molecule has 0 saturated carbocycles. The zero-order chi connectivity index (χ0) is 12.3. The van der Waals surface area contributed by atoms with E-state index in [0.29, 0.717) is 22.2 Å². The highest BCUT2D eigenvalue weighted by atomic mass is 35.5. The molecule has 0 bridgehead atoms. The Labute approximate surface area is 104 Å². The maximum absolute atomic E-state index is 6.09. The van der Waals surface area contributed by atoms with Gasteiger partial charge in [-0.05, 0) is 24.3 Å². The number of hydrogen-bond acceptors (Lipinski definition) is 4. The normalized spacial score (nSPS) is 12.2. The van der Waals surface area contributed by atoms with E-state index >= 15 is 0 Å². The van der Waals surface area contributed by atoms with Gasteiger partial charge in [-0.2, -0.15) is 0 Å². The third-order valence-electron chi connectivity index (χ3n) is 2.38. The number of ether oxygens (including phenoxy) is 1. The van der Waals surface area contributed by atoms with E-state index in [4.69, 9.17) is 22.1 Å². The third kappa shape index (κ3) is 2.54. The molecule has 0 aliphatic carbocycles. The molecule has 4 nitrogen and oxygen atoms in total. The van der Waals surface area contributed by atoms with Crippen LogP contribution in [-0.4, -0.2) is 17.1 Å². The minimum absolute atomic E-state index is 0.427. The van der Waals surface area contributed by atoms with Crippen LogP contribution in [0, 0.1) is 0 Å². The average Bonchev–Trinajstić information content (AvgIpc) is 2.39. The molecular weight excluding hydrogens is 238 g/mol. The summed E-state index contributed by atoms with van der Waals surface area (Å²) in [7, 11) is 1.59. The van der Waals surface area contributed by atoms with Crippen LogP contribution in [0.5, 0.6) is 5.75 Å². The van der Waals surface area contributed by atoms with Crippen LogP contribution in [0.3, 0.4) is 0 Å². The predicted octanol–water partition coefficient (Wildman–Crippen LogP) is 2.19. The summed E-state index contributed by atoms with van der Waals surface area (Å²) in [4.78, 5) is 8.40. The van der Waals surface area contributed by atoms with E-state index in [1.54, 1.807) is 37.7 Å². The van der Waals surface area contributed by atoms with Crippen molar-refractivity contribution in [3.05, 3.63) is 53.1 Å². The quantitative estimate of drug-likeness (QED) is 0.906. The van der Waals surface area contributed by atoms with E-state index in [-0.39, 0.29) is 0 Å². The van der Waals surface area contributed by atoms with Crippen LogP contribution >= 0.6 is 11.6 Å². The second kappa shape index (κ2) is 5.12. The van der Waals surface area contributed by atoms with Crippen LogP contribution in [0.2, 0.25) is 5.02 Å². The van der Waals surface area contributed by atoms with Crippen LogP contribution in [0.15, 0.2) is 36.7 Å². The Kier molecular flexibility index (Phi) is 3.56. The smallest absolute Gasteiger partial charge is 0.142 e. The van der Waals surface area contributed by atoms with Gasteiger partial charge >= 0.3 is 0 Å². The van der Waals surface area contributed by atoms with Gasteiger partial charge in [0.1, 0.15) is 11.4 Å². The molecule has 0 aliphatic rings. The Hall–Kier alpha value is -1.65. The Balaban J connectivity index is 2.36. The number of halogens is 1. The summed E-state index contributed by atoms with van der Waals surface area (Å²) in [6.07, 6.45) is 3.24. The zero-order valence-electron chi connectivity index (χ0n) is 9.30. The standard InChI is InChI=1S/C12H12ClN3O/c1-17-10-3-2-6-15-12(10)11(14)9-5-4-8(13)7-16-9/h2-7,11H,14H2,1H3. The molecule has 2 aromatic rings. The molecule has 0 radical (unpaired) electrons. The van der Waals surface area contributed by atoms with Crippen molar-refractivity contribution in [3.63, 3.8) is 0 Å². The average molecular weight is 250 g/mol. The Bertz CT molecular complexity index is 501. The summed E-state index contributed by atoms with van der Waals surface area (Å²) in [5, 5.41) is 0.578. The van der Waals surface area contributed by atoms with E-state index in [0.717, 1.165) is 0 Å². The minimum Gasteiger partial charge on any atom is -0.495 e. The van der Waals surface area contributed by atoms with Gasteiger partial charge in [-0.15, -0.1) is 0 Å². The van der Waals surface area contributed by atoms with Crippen molar-refractivity contribution in [2.24, 2.45) is 5.73 Å². The largest absolute Gasteiger partial charge is 0.495 e. The molecule has 0 saturated heterocycles. The summed E-state index contributed by atoms with van der Waals surface area (Å²) >= 11 is 5.78. The van der Waals surface area contributed by atoms with Crippen LogP contribution in [-0.2, 0) is 0 Å². The second-order valence-electron chi connectivity index (χ2n) is 3.47. The topological polar surface area (TPSA) is 61.0 Å². The van der Waals surface area contributed by atoms with E-state index in [1.807, 2.05) is 6.07 Å². The van der Waals surface area contributed by atoms with Crippen molar-refractivity contribution in [2.75, 3.05) is 7.11 Å². The molecule has 2 rings (SSSR count). The van der Waals surface area contributed by atoms with Gasteiger partial charge in [0.2, 0.25) is 0 Å². The number of nitrogens with zero attached hydrogens (tertiary/aromatic N) is 2. The van der Waals surface area contributed by atoms with E-state index in [9.17, 15) is 0 Å². The first-order chi connectivity index (χ1) is 8.22. The first-order valence-electron chi connectivity index (χ1n) is 5.08. The molecule has 1 atom stereocenters. The van der Waals surface area contributed by atoms with E-state index in [2.05, 4.69) is 9.97 Å². The summed E-state index contributed by atoms with van der Waals surface area (Å²) < 4.78 is 5.22. The van der Waals surface area contributed by atoms with Crippen molar-refractivity contribution in [1.29, 1.82) is 0 Å². The maximum Gasteiger partial charge on any atom is 0.142 e. The van der Waals surface area contributed by atoms with Gasteiger partial charge < -0.3 is 10.5 Å². The first kappa shape index (κ1) is 11.8. The van der Waals surface area contributed by atoms with Crippen molar-refractivity contribution >= 4 is 11.6 Å². The summed E-state index contributed by atoms with van der Waals surface area (Å²) in [5.41, 5.74) is 7.45. The van der Waals surface area contributed by atoms with Gasteiger partial charge in [0.15, 0.2) is 0 Å². The van der Waals surface area contributed by atoms with E-state index < -0.39 is 6.04 Å².